The molecule has 0 amide bonds. The Morgan fingerprint density at radius 1 is 0.913 bits per heavy atom. The highest BCUT2D eigenvalue weighted by molar-refractivity contribution is 7.69. The van der Waals surface area contributed by atoms with Gasteiger partial charge >= 0.3 is 9.93 Å². The predicted octanol–water partition coefficient (Wildman–Crippen LogP) is 0.579. The molecule has 0 aliphatic rings. The highest BCUT2D eigenvalue weighted by Crippen LogP contribution is 2.29. The summed E-state index contributed by atoms with van der Waals surface area (Å²) in [7, 11) is 7.48. The van der Waals surface area contributed by atoms with Crippen LogP contribution in [0, 0.1) is 0 Å². The van der Waals surface area contributed by atoms with Crippen molar-refractivity contribution in [2.75, 3.05) is 19.0 Å². The molecule has 3 aromatic rings. The molecule has 0 saturated carbocycles. The molecule has 0 aliphatic carbocycles. The number of halogens is 1. The third kappa shape index (κ3) is 4.50. The molecular weight excluding hydrogens is 390 g/mol. The van der Waals surface area contributed by atoms with E-state index >= 15 is 0 Å². The van der Waals surface area contributed by atoms with Gasteiger partial charge in [0.2, 0.25) is 0 Å². The van der Waals surface area contributed by atoms with Gasteiger partial charge in [-0.15, -0.1) is 0 Å². The van der Waals surface area contributed by atoms with Crippen LogP contribution in [0.3, 0.4) is 0 Å². The third-order valence-corrected chi connectivity index (χ3v) is 5.54. The highest BCUT2D eigenvalue weighted by atomic mass is 79.9. The van der Waals surface area contributed by atoms with E-state index in [9.17, 15) is 0 Å². The Kier molecular flexibility index (Phi) is 6.50. The number of anilines is 2. The summed E-state index contributed by atoms with van der Waals surface area (Å²) in [6.45, 7) is 0.817. The van der Waals surface area contributed by atoms with Crippen molar-refractivity contribution in [3.05, 3.63) is 71.0 Å². The zero-order valence-corrected chi connectivity index (χ0v) is 16.2. The van der Waals surface area contributed by atoms with Crippen molar-refractivity contribution in [1.82, 2.24) is 9.56 Å². The van der Waals surface area contributed by atoms with Gasteiger partial charge in [-0.25, -0.2) is 0 Å². The molecule has 0 atom stereocenters. The summed E-state index contributed by atoms with van der Waals surface area (Å²) in [5, 5.41) is 1.03. The molecule has 3 rings (SSSR count). The molecule has 120 valence electrons. The maximum absolute atomic E-state index is 4.77. The lowest BCUT2D eigenvalue weighted by molar-refractivity contribution is -0.00000437. The summed E-state index contributed by atoms with van der Waals surface area (Å²) in [5.41, 5.74) is 2.44. The van der Waals surface area contributed by atoms with Crippen LogP contribution in [0.4, 0.5) is 10.8 Å². The fourth-order valence-corrected chi connectivity index (χ4v) is 4.37. The molecule has 0 bridgehead atoms. The largest absolute Gasteiger partial charge is 1.00 e. The molecule has 0 saturated heterocycles. The van der Waals surface area contributed by atoms with Crippen molar-refractivity contribution < 1.29 is 17.0 Å². The summed E-state index contributed by atoms with van der Waals surface area (Å²) in [6.07, 6.45) is 0. The fraction of sp³-hybridized carbons (Fsp3) is 0.176. The summed E-state index contributed by atoms with van der Waals surface area (Å²) in [6, 6.07) is 20.9. The molecule has 23 heavy (non-hydrogen) atoms. The van der Waals surface area contributed by atoms with E-state index in [4.69, 9.17) is 4.98 Å². The first kappa shape index (κ1) is 17.8. The number of benzene rings is 2. The zero-order valence-electron chi connectivity index (χ0n) is 13.0. The Labute approximate surface area is 154 Å². The zero-order chi connectivity index (χ0) is 15.4. The van der Waals surface area contributed by atoms with Crippen molar-refractivity contribution in [1.29, 1.82) is 0 Å². The summed E-state index contributed by atoms with van der Waals surface area (Å²) < 4.78 is 2.05. The number of aromatic nitrogens is 1. The molecule has 1 heterocycles. The van der Waals surface area contributed by atoms with E-state index in [1.54, 1.807) is 20.7 Å². The monoisotopic (exact) mass is 407 g/mol. The van der Waals surface area contributed by atoms with E-state index < -0.39 is 0 Å². The smallest absolute Gasteiger partial charge is 0.390 e. The van der Waals surface area contributed by atoms with Gasteiger partial charge in [-0.3, -0.25) is 9.48 Å². The first-order valence-electron chi connectivity index (χ1n) is 7.08. The molecule has 2 aromatic carbocycles. The average molecular weight is 408 g/mol. The van der Waals surface area contributed by atoms with Gasteiger partial charge < -0.3 is 17.0 Å². The Morgan fingerprint density at radius 3 is 2.09 bits per heavy atom. The molecular formula is C17H18BrN3S2. The van der Waals surface area contributed by atoms with E-state index in [1.165, 1.54) is 11.3 Å². The Bertz CT molecular complexity index is 793. The number of nitrogens with zero attached hydrogens (tertiary/aromatic N) is 3. The quantitative estimate of drug-likeness (QED) is 0.465. The standard InChI is InChI=1S/C17H18N3S2.BrH/c1-19(2)16-18-17(22-21-16)20(15-11-7-4-8-12-15)13-14-9-5-3-6-10-14;/h3-12H,13H2,1-2H3;1H/q+1;/p-1. The normalized spacial score (nSPS) is 10.0. The Hall–Kier alpha value is -1.50. The summed E-state index contributed by atoms with van der Waals surface area (Å²) in [5.74, 6) is 0. The van der Waals surface area contributed by atoms with Crippen molar-refractivity contribution in [2.45, 2.75) is 6.54 Å². The van der Waals surface area contributed by atoms with Crippen LogP contribution in [0.15, 0.2) is 60.7 Å². The molecule has 0 fully saturated rings. The molecule has 0 unspecified atom stereocenters. The second-order valence-electron chi connectivity index (χ2n) is 5.15. The van der Waals surface area contributed by atoms with Crippen LogP contribution < -0.4 is 31.3 Å². The van der Waals surface area contributed by atoms with Crippen LogP contribution >= 0.6 is 20.7 Å². The average Bonchev–Trinajstić information content (AvgIpc) is 3.04. The van der Waals surface area contributed by atoms with Gasteiger partial charge in [-0.05, 0) is 28.0 Å². The van der Waals surface area contributed by atoms with Crippen LogP contribution in [0.1, 0.15) is 5.56 Å². The van der Waals surface area contributed by atoms with E-state index in [2.05, 4.69) is 58.0 Å². The molecule has 3 nitrogen and oxygen atoms in total. The van der Waals surface area contributed by atoms with Gasteiger partial charge in [-0.1, -0.05) is 48.5 Å². The molecule has 1 aromatic heterocycles. The van der Waals surface area contributed by atoms with Crippen LogP contribution in [-0.2, 0) is 6.54 Å². The topological polar surface area (TPSA) is 19.1 Å². The van der Waals surface area contributed by atoms with Crippen LogP contribution in [0.25, 0.3) is 0 Å². The van der Waals surface area contributed by atoms with Crippen molar-refractivity contribution in [3.8, 4) is 0 Å². The minimum atomic E-state index is 0. The summed E-state index contributed by atoms with van der Waals surface area (Å²) >= 11 is 0. The highest BCUT2D eigenvalue weighted by Gasteiger charge is 2.19. The lowest BCUT2D eigenvalue weighted by Gasteiger charge is -2.19. The van der Waals surface area contributed by atoms with Gasteiger partial charge in [-0.2, -0.15) is 0 Å². The predicted molar refractivity (Wildman–Crippen MR) is 95.8 cm³/mol. The molecule has 0 N–H and O–H groups in total. The van der Waals surface area contributed by atoms with Gasteiger partial charge in [0.05, 0.1) is 20.6 Å². The minimum Gasteiger partial charge on any atom is -1.00 e. The first-order chi connectivity index (χ1) is 10.7. The van der Waals surface area contributed by atoms with Crippen molar-refractivity contribution >= 4 is 31.5 Å². The Balaban J connectivity index is 0.00000192. The first-order valence-corrected chi connectivity index (χ1v) is 9.23. The number of hydrogen-bond acceptors (Lipinski definition) is 4. The second kappa shape index (κ2) is 8.38. The molecule has 6 heteroatoms. The van der Waals surface area contributed by atoms with Gasteiger partial charge in [0.15, 0.2) is 0 Å². The van der Waals surface area contributed by atoms with Gasteiger partial charge in [0.25, 0.3) is 0 Å². The third-order valence-electron chi connectivity index (χ3n) is 3.25. The van der Waals surface area contributed by atoms with Crippen LogP contribution in [-0.4, -0.2) is 19.1 Å². The molecule has 0 aliphatic heterocycles. The van der Waals surface area contributed by atoms with E-state index in [0.717, 1.165) is 16.5 Å². The van der Waals surface area contributed by atoms with Gasteiger partial charge in [0, 0.05) is 21.0 Å². The maximum Gasteiger partial charge on any atom is 0.390 e. The van der Waals surface area contributed by atoms with E-state index in [-0.39, 0.29) is 17.0 Å². The fourth-order valence-electron chi connectivity index (χ4n) is 2.12. The van der Waals surface area contributed by atoms with Crippen LogP contribution in [0.2, 0.25) is 0 Å². The summed E-state index contributed by atoms with van der Waals surface area (Å²) in [4.78, 5) is 8.07. The van der Waals surface area contributed by atoms with Crippen molar-refractivity contribution in [2.24, 2.45) is 0 Å². The Morgan fingerprint density at radius 2 is 1.52 bits per heavy atom. The van der Waals surface area contributed by atoms with Crippen molar-refractivity contribution in [3.63, 3.8) is 0 Å². The lowest BCUT2D eigenvalue weighted by atomic mass is 10.2. The molecule has 0 spiro atoms. The lowest BCUT2D eigenvalue weighted by Crippen LogP contribution is -3.00. The van der Waals surface area contributed by atoms with E-state index in [0.29, 0.717) is 0 Å². The van der Waals surface area contributed by atoms with E-state index in [1.807, 2.05) is 26.2 Å². The number of rotatable bonds is 4. The number of hydrogen-bond donors (Lipinski definition) is 0. The maximum atomic E-state index is 4.77. The number of para-hydroxylation sites is 1. The second-order valence-corrected chi connectivity index (χ2v) is 7.21. The minimum absolute atomic E-state index is 0. The SMILES string of the molecule is C[N+](C)=c1nc(N(Cc2ccccc2)c2ccccc2)ss1.[Br-]. The molecule has 0 radical (unpaired) electrons. The van der Waals surface area contributed by atoms with Crippen LogP contribution in [0.5, 0.6) is 0 Å². The van der Waals surface area contributed by atoms with Gasteiger partial charge in [0.1, 0.15) is 0 Å².